The summed E-state index contributed by atoms with van der Waals surface area (Å²) in [6, 6.07) is -0.350. The Bertz CT molecular complexity index is 266. The molecule has 3 N–H and O–H groups in total. The first-order valence-corrected chi connectivity index (χ1v) is 5.73. The predicted octanol–water partition coefficient (Wildman–Crippen LogP) is 0.182. The fourth-order valence-electron chi connectivity index (χ4n) is 1.58. The molecule has 2 unspecified atom stereocenters. The average molecular weight is 228 g/mol. The lowest BCUT2D eigenvalue weighted by atomic mass is 10.0. The van der Waals surface area contributed by atoms with Gasteiger partial charge in [0.25, 0.3) is 0 Å². The molecule has 0 saturated carbocycles. The number of nitrogens with two attached hydrogens (primary N) is 1. The van der Waals surface area contributed by atoms with Crippen LogP contribution in [-0.4, -0.2) is 30.6 Å². The molecule has 0 radical (unpaired) electrons. The van der Waals surface area contributed by atoms with Gasteiger partial charge >= 0.3 is 5.97 Å². The van der Waals surface area contributed by atoms with Crippen LogP contribution in [0.25, 0.3) is 0 Å². The maximum atomic E-state index is 11.7. The molecule has 0 aromatic rings. The summed E-state index contributed by atoms with van der Waals surface area (Å²) in [7, 11) is 0. The molecule has 1 heterocycles. The molecule has 1 aliphatic rings. The van der Waals surface area contributed by atoms with Crippen molar-refractivity contribution >= 4 is 11.9 Å². The van der Waals surface area contributed by atoms with Gasteiger partial charge in [0.05, 0.1) is 6.61 Å². The minimum absolute atomic E-state index is 0.0931. The van der Waals surface area contributed by atoms with Gasteiger partial charge in [-0.1, -0.05) is 6.92 Å². The minimum atomic E-state index is -0.453. The molecule has 1 aliphatic heterocycles. The van der Waals surface area contributed by atoms with Crippen LogP contribution < -0.4 is 11.1 Å². The Morgan fingerprint density at radius 3 is 2.75 bits per heavy atom. The Morgan fingerprint density at radius 2 is 2.25 bits per heavy atom. The number of carbonyl (C=O) groups excluding carboxylic acids is 2. The maximum Gasteiger partial charge on any atom is 0.328 e. The SMILES string of the molecule is CC(CC[C@H](C)N)C(=O)NC1CCOC1=O. The number of cyclic esters (lactones) is 1. The van der Waals surface area contributed by atoms with Crippen molar-refractivity contribution in [3.63, 3.8) is 0 Å². The Hall–Kier alpha value is -1.10. The molecule has 3 atom stereocenters. The lowest BCUT2D eigenvalue weighted by Crippen LogP contribution is -2.41. The Morgan fingerprint density at radius 1 is 1.56 bits per heavy atom. The molecular weight excluding hydrogens is 208 g/mol. The van der Waals surface area contributed by atoms with Gasteiger partial charge in [0.2, 0.25) is 5.91 Å². The van der Waals surface area contributed by atoms with Crippen LogP contribution in [0.4, 0.5) is 0 Å². The largest absolute Gasteiger partial charge is 0.464 e. The van der Waals surface area contributed by atoms with E-state index in [1.54, 1.807) is 0 Å². The van der Waals surface area contributed by atoms with Crippen molar-refractivity contribution in [1.82, 2.24) is 5.32 Å². The highest BCUT2D eigenvalue weighted by molar-refractivity contribution is 5.86. The molecule has 1 rings (SSSR count). The zero-order chi connectivity index (χ0) is 12.1. The summed E-state index contributed by atoms with van der Waals surface area (Å²) < 4.78 is 4.77. The first kappa shape index (κ1) is 13.0. The quantitative estimate of drug-likeness (QED) is 0.658. The summed E-state index contributed by atoms with van der Waals surface area (Å²) in [5.41, 5.74) is 5.62. The van der Waals surface area contributed by atoms with Crippen molar-refractivity contribution in [3.8, 4) is 0 Å². The first-order chi connectivity index (χ1) is 7.50. The van der Waals surface area contributed by atoms with Crippen LogP contribution in [-0.2, 0) is 14.3 Å². The zero-order valence-corrected chi connectivity index (χ0v) is 9.86. The number of rotatable bonds is 5. The lowest BCUT2D eigenvalue weighted by Gasteiger charge is -2.15. The first-order valence-electron chi connectivity index (χ1n) is 5.73. The molecule has 0 spiro atoms. The van der Waals surface area contributed by atoms with Gasteiger partial charge in [-0.2, -0.15) is 0 Å². The van der Waals surface area contributed by atoms with E-state index in [4.69, 9.17) is 10.5 Å². The summed E-state index contributed by atoms with van der Waals surface area (Å²) in [6.45, 7) is 4.16. The van der Waals surface area contributed by atoms with Crippen LogP contribution in [0.2, 0.25) is 0 Å². The minimum Gasteiger partial charge on any atom is -0.464 e. The second kappa shape index (κ2) is 5.84. The second-order valence-electron chi connectivity index (χ2n) is 4.47. The summed E-state index contributed by atoms with van der Waals surface area (Å²) in [5, 5.41) is 2.70. The number of hydrogen-bond acceptors (Lipinski definition) is 4. The number of amides is 1. The van der Waals surface area contributed by atoms with Crippen LogP contribution in [0.5, 0.6) is 0 Å². The van der Waals surface area contributed by atoms with Gasteiger partial charge in [-0.3, -0.25) is 4.79 Å². The zero-order valence-electron chi connectivity index (χ0n) is 9.86. The number of ether oxygens (including phenoxy) is 1. The van der Waals surface area contributed by atoms with E-state index >= 15 is 0 Å². The third kappa shape index (κ3) is 3.81. The van der Waals surface area contributed by atoms with E-state index in [0.717, 1.165) is 12.8 Å². The monoisotopic (exact) mass is 228 g/mol. The predicted molar refractivity (Wildman–Crippen MR) is 59.6 cm³/mol. The van der Waals surface area contributed by atoms with E-state index in [1.807, 2.05) is 13.8 Å². The van der Waals surface area contributed by atoms with E-state index in [2.05, 4.69) is 5.32 Å². The van der Waals surface area contributed by atoms with Gasteiger partial charge in [0.1, 0.15) is 6.04 Å². The third-order valence-corrected chi connectivity index (χ3v) is 2.75. The van der Waals surface area contributed by atoms with Crippen molar-refractivity contribution < 1.29 is 14.3 Å². The van der Waals surface area contributed by atoms with Crippen LogP contribution in [0.1, 0.15) is 33.1 Å². The van der Waals surface area contributed by atoms with Gasteiger partial charge < -0.3 is 15.8 Å². The summed E-state index contributed by atoms with van der Waals surface area (Å²) in [5.74, 6) is -0.531. The van der Waals surface area contributed by atoms with Gasteiger partial charge in [-0.05, 0) is 19.8 Å². The summed E-state index contributed by atoms with van der Waals surface area (Å²) in [6.07, 6.45) is 2.12. The van der Waals surface area contributed by atoms with Crippen molar-refractivity contribution in [3.05, 3.63) is 0 Å². The van der Waals surface area contributed by atoms with Gasteiger partial charge in [-0.15, -0.1) is 0 Å². The molecule has 92 valence electrons. The Kier molecular flexibility index (Phi) is 4.73. The highest BCUT2D eigenvalue weighted by Crippen LogP contribution is 2.10. The Balaban J connectivity index is 2.30. The van der Waals surface area contributed by atoms with E-state index < -0.39 is 6.04 Å². The fourth-order valence-corrected chi connectivity index (χ4v) is 1.58. The lowest BCUT2D eigenvalue weighted by molar-refractivity contribution is -0.141. The average Bonchev–Trinajstić information content (AvgIpc) is 2.60. The van der Waals surface area contributed by atoms with E-state index in [9.17, 15) is 9.59 Å². The molecule has 1 saturated heterocycles. The molecular formula is C11H20N2O3. The topological polar surface area (TPSA) is 81.4 Å². The van der Waals surface area contributed by atoms with Crippen LogP contribution >= 0.6 is 0 Å². The van der Waals surface area contributed by atoms with Gasteiger partial charge in [-0.25, -0.2) is 4.79 Å². The van der Waals surface area contributed by atoms with Crippen molar-refractivity contribution in [2.45, 2.75) is 45.2 Å². The second-order valence-corrected chi connectivity index (χ2v) is 4.47. The number of nitrogens with one attached hydrogen (secondary N) is 1. The highest BCUT2D eigenvalue weighted by atomic mass is 16.5. The molecule has 0 aliphatic carbocycles. The molecule has 0 aromatic carbocycles. The number of esters is 1. The third-order valence-electron chi connectivity index (χ3n) is 2.75. The van der Waals surface area contributed by atoms with Gasteiger partial charge in [0, 0.05) is 18.4 Å². The van der Waals surface area contributed by atoms with Gasteiger partial charge in [0.15, 0.2) is 0 Å². The van der Waals surface area contributed by atoms with Crippen molar-refractivity contribution in [2.24, 2.45) is 11.7 Å². The van der Waals surface area contributed by atoms with Crippen molar-refractivity contribution in [2.75, 3.05) is 6.61 Å². The normalized spacial score (nSPS) is 23.7. The van der Waals surface area contributed by atoms with Crippen LogP contribution in [0, 0.1) is 5.92 Å². The van der Waals surface area contributed by atoms with E-state index in [-0.39, 0.29) is 23.8 Å². The smallest absolute Gasteiger partial charge is 0.328 e. The van der Waals surface area contributed by atoms with E-state index in [1.165, 1.54) is 0 Å². The summed E-state index contributed by atoms with van der Waals surface area (Å²) in [4.78, 5) is 22.8. The van der Waals surface area contributed by atoms with Crippen LogP contribution in [0.15, 0.2) is 0 Å². The fraction of sp³-hybridized carbons (Fsp3) is 0.818. The number of hydrogen-bond donors (Lipinski definition) is 2. The molecule has 16 heavy (non-hydrogen) atoms. The molecule has 1 amide bonds. The molecule has 5 nitrogen and oxygen atoms in total. The van der Waals surface area contributed by atoms with Crippen molar-refractivity contribution in [1.29, 1.82) is 0 Å². The molecule has 0 bridgehead atoms. The Labute approximate surface area is 95.7 Å². The van der Waals surface area contributed by atoms with Crippen LogP contribution in [0.3, 0.4) is 0 Å². The number of carbonyl (C=O) groups is 2. The molecule has 1 fully saturated rings. The molecule has 5 heteroatoms. The standard InChI is InChI=1S/C11H20N2O3/c1-7(3-4-8(2)12)10(14)13-9-5-6-16-11(9)15/h7-9H,3-6,12H2,1-2H3,(H,13,14)/t7?,8-,9?/m0/s1. The van der Waals surface area contributed by atoms with E-state index in [0.29, 0.717) is 13.0 Å². The summed E-state index contributed by atoms with van der Waals surface area (Å²) >= 11 is 0. The molecule has 0 aromatic heterocycles. The highest BCUT2D eigenvalue weighted by Gasteiger charge is 2.29. The maximum absolute atomic E-state index is 11.7.